The normalized spacial score (nSPS) is 8.83. The first-order valence-corrected chi connectivity index (χ1v) is 5.11. The Morgan fingerprint density at radius 2 is 1.92 bits per heavy atom. The summed E-state index contributed by atoms with van der Waals surface area (Å²) in [6.07, 6.45) is 0.846. The lowest BCUT2D eigenvalue weighted by molar-refractivity contribution is 1.31. The molecule has 0 aliphatic heterocycles. The zero-order valence-corrected chi connectivity index (χ0v) is 9.03. The number of hydrogen-bond donors (Lipinski definition) is 1. The molecule has 1 aromatic rings. The first-order chi connectivity index (χ1) is 5.83. The van der Waals surface area contributed by atoms with E-state index in [9.17, 15) is 0 Å². The van der Waals surface area contributed by atoms with Gasteiger partial charge in [0.25, 0.3) is 0 Å². The van der Waals surface area contributed by atoms with Crippen molar-refractivity contribution in [1.82, 2.24) is 0 Å². The molecule has 12 heavy (non-hydrogen) atoms. The van der Waals surface area contributed by atoms with E-state index in [0.717, 1.165) is 22.2 Å². The van der Waals surface area contributed by atoms with Crippen LogP contribution in [0.3, 0.4) is 0 Å². The first kappa shape index (κ1) is 9.70. The standard InChI is InChI=1S/C10H9BrS/c11-10-6-4-9(5-7-10)3-1-2-8-12/h4-7,12H,2,8H2. The summed E-state index contributed by atoms with van der Waals surface area (Å²) in [7, 11) is 0. The van der Waals surface area contributed by atoms with E-state index >= 15 is 0 Å². The van der Waals surface area contributed by atoms with Crippen LogP contribution in [0, 0.1) is 11.8 Å². The Morgan fingerprint density at radius 3 is 2.50 bits per heavy atom. The topological polar surface area (TPSA) is 0 Å². The lowest BCUT2D eigenvalue weighted by Crippen LogP contribution is -1.73. The molecule has 1 rings (SSSR count). The molecule has 0 amide bonds. The molecule has 0 atom stereocenters. The average molecular weight is 241 g/mol. The molecule has 2 heteroatoms. The fourth-order valence-electron chi connectivity index (χ4n) is 0.754. The van der Waals surface area contributed by atoms with E-state index in [1.807, 2.05) is 24.3 Å². The molecule has 0 bridgehead atoms. The van der Waals surface area contributed by atoms with E-state index in [-0.39, 0.29) is 0 Å². The monoisotopic (exact) mass is 240 g/mol. The van der Waals surface area contributed by atoms with Gasteiger partial charge in [-0.25, -0.2) is 0 Å². The molecule has 62 valence electrons. The Labute approximate surface area is 86.9 Å². The van der Waals surface area contributed by atoms with Gasteiger partial charge in [0, 0.05) is 22.2 Å². The maximum Gasteiger partial charge on any atom is 0.0246 e. The van der Waals surface area contributed by atoms with E-state index in [1.54, 1.807) is 0 Å². The van der Waals surface area contributed by atoms with E-state index in [1.165, 1.54) is 0 Å². The Bertz CT molecular complexity index is 292. The van der Waals surface area contributed by atoms with Crippen LogP contribution in [0.2, 0.25) is 0 Å². The van der Waals surface area contributed by atoms with Crippen molar-refractivity contribution in [1.29, 1.82) is 0 Å². The maximum absolute atomic E-state index is 4.07. The third-order valence-corrected chi connectivity index (χ3v) is 2.07. The summed E-state index contributed by atoms with van der Waals surface area (Å²) in [5.41, 5.74) is 1.06. The van der Waals surface area contributed by atoms with Gasteiger partial charge in [-0.2, -0.15) is 12.6 Å². The predicted molar refractivity (Wildman–Crippen MR) is 59.5 cm³/mol. The van der Waals surface area contributed by atoms with Crippen LogP contribution in [0.4, 0.5) is 0 Å². The fourth-order valence-corrected chi connectivity index (χ4v) is 1.13. The maximum atomic E-state index is 4.07. The third kappa shape index (κ3) is 3.34. The summed E-state index contributed by atoms with van der Waals surface area (Å²) in [5.74, 6) is 6.91. The molecule has 0 aliphatic rings. The summed E-state index contributed by atoms with van der Waals surface area (Å²) >= 11 is 7.44. The number of rotatable bonds is 1. The summed E-state index contributed by atoms with van der Waals surface area (Å²) in [4.78, 5) is 0. The molecule has 0 aromatic heterocycles. The zero-order valence-electron chi connectivity index (χ0n) is 6.55. The van der Waals surface area contributed by atoms with Crippen molar-refractivity contribution >= 4 is 28.6 Å². The van der Waals surface area contributed by atoms with Gasteiger partial charge >= 0.3 is 0 Å². The van der Waals surface area contributed by atoms with Gasteiger partial charge in [0.2, 0.25) is 0 Å². The highest BCUT2D eigenvalue weighted by Crippen LogP contribution is 2.09. The molecule has 0 radical (unpaired) electrons. The highest BCUT2D eigenvalue weighted by Gasteiger charge is 1.85. The Morgan fingerprint density at radius 1 is 1.25 bits per heavy atom. The molecular formula is C10H9BrS. The SMILES string of the molecule is SCCC#Cc1ccc(Br)cc1. The van der Waals surface area contributed by atoms with Gasteiger partial charge in [0.1, 0.15) is 0 Å². The van der Waals surface area contributed by atoms with Crippen molar-refractivity contribution in [3.05, 3.63) is 34.3 Å². The Hall–Kier alpha value is -0.390. The molecular weight excluding hydrogens is 232 g/mol. The summed E-state index contributed by atoms with van der Waals surface area (Å²) in [6, 6.07) is 7.97. The minimum atomic E-state index is 0.823. The van der Waals surface area contributed by atoms with E-state index in [2.05, 4.69) is 40.4 Å². The lowest BCUT2D eigenvalue weighted by atomic mass is 10.2. The van der Waals surface area contributed by atoms with E-state index in [0.29, 0.717) is 0 Å². The lowest BCUT2D eigenvalue weighted by Gasteiger charge is -1.89. The number of halogens is 1. The van der Waals surface area contributed by atoms with Crippen LogP contribution in [-0.4, -0.2) is 5.75 Å². The second kappa shape index (κ2) is 5.29. The highest BCUT2D eigenvalue weighted by molar-refractivity contribution is 9.10. The number of thiol groups is 1. The van der Waals surface area contributed by atoms with Crippen molar-refractivity contribution in [3.8, 4) is 11.8 Å². The van der Waals surface area contributed by atoms with Crippen LogP contribution in [0.5, 0.6) is 0 Å². The van der Waals surface area contributed by atoms with Gasteiger partial charge < -0.3 is 0 Å². The summed E-state index contributed by atoms with van der Waals surface area (Å²) in [6.45, 7) is 0. The van der Waals surface area contributed by atoms with Gasteiger partial charge in [-0.3, -0.25) is 0 Å². The van der Waals surface area contributed by atoms with Crippen LogP contribution in [-0.2, 0) is 0 Å². The number of benzene rings is 1. The quantitative estimate of drug-likeness (QED) is 0.566. The van der Waals surface area contributed by atoms with Gasteiger partial charge in [0.05, 0.1) is 0 Å². The molecule has 0 spiro atoms. The van der Waals surface area contributed by atoms with Crippen LogP contribution in [0.1, 0.15) is 12.0 Å². The molecule has 0 nitrogen and oxygen atoms in total. The van der Waals surface area contributed by atoms with Crippen LogP contribution < -0.4 is 0 Å². The molecule has 0 saturated carbocycles. The third-order valence-electron chi connectivity index (χ3n) is 1.31. The van der Waals surface area contributed by atoms with Crippen molar-refractivity contribution in [3.63, 3.8) is 0 Å². The summed E-state index contributed by atoms with van der Waals surface area (Å²) in [5, 5.41) is 0. The molecule has 0 fully saturated rings. The van der Waals surface area contributed by atoms with Gasteiger partial charge in [-0.1, -0.05) is 27.8 Å². The van der Waals surface area contributed by atoms with Crippen molar-refractivity contribution < 1.29 is 0 Å². The molecule has 0 N–H and O–H groups in total. The van der Waals surface area contributed by atoms with Crippen LogP contribution in [0.25, 0.3) is 0 Å². The molecule has 0 aliphatic carbocycles. The second-order valence-electron chi connectivity index (χ2n) is 2.28. The van der Waals surface area contributed by atoms with Gasteiger partial charge in [-0.15, -0.1) is 0 Å². The minimum absolute atomic E-state index is 0.823. The smallest absolute Gasteiger partial charge is 0.0246 e. The Kier molecular flexibility index (Phi) is 4.27. The Balaban J connectivity index is 2.66. The largest absolute Gasteiger partial charge is 0.178 e. The van der Waals surface area contributed by atoms with Crippen LogP contribution >= 0.6 is 28.6 Å². The van der Waals surface area contributed by atoms with Gasteiger partial charge in [0.15, 0.2) is 0 Å². The predicted octanol–water partition coefficient (Wildman–Crippen LogP) is 3.12. The minimum Gasteiger partial charge on any atom is -0.178 e. The summed E-state index contributed by atoms with van der Waals surface area (Å²) < 4.78 is 1.09. The van der Waals surface area contributed by atoms with Crippen LogP contribution in [0.15, 0.2) is 28.7 Å². The first-order valence-electron chi connectivity index (χ1n) is 3.68. The van der Waals surface area contributed by atoms with Gasteiger partial charge in [-0.05, 0) is 24.3 Å². The molecule has 0 unspecified atom stereocenters. The molecule has 0 heterocycles. The fraction of sp³-hybridized carbons (Fsp3) is 0.200. The zero-order chi connectivity index (χ0) is 8.81. The van der Waals surface area contributed by atoms with E-state index in [4.69, 9.17) is 0 Å². The van der Waals surface area contributed by atoms with Crippen molar-refractivity contribution in [2.75, 3.05) is 5.75 Å². The van der Waals surface area contributed by atoms with E-state index < -0.39 is 0 Å². The van der Waals surface area contributed by atoms with Crippen molar-refractivity contribution in [2.45, 2.75) is 6.42 Å². The van der Waals surface area contributed by atoms with Crippen molar-refractivity contribution in [2.24, 2.45) is 0 Å². The number of hydrogen-bond acceptors (Lipinski definition) is 1. The highest BCUT2D eigenvalue weighted by atomic mass is 79.9. The molecule has 0 saturated heterocycles. The second-order valence-corrected chi connectivity index (χ2v) is 3.65. The average Bonchev–Trinajstić information content (AvgIpc) is 2.09. The molecule has 1 aromatic carbocycles.